The average molecular weight is 425 g/mol. The molecule has 2 aromatic heterocycles. The molecule has 1 aliphatic rings. The number of anilines is 2. The average Bonchev–Trinajstić information content (AvgIpc) is 3.56. The lowest BCUT2D eigenvalue weighted by Gasteiger charge is -2.16. The highest BCUT2D eigenvalue weighted by Gasteiger charge is 2.20. The van der Waals surface area contributed by atoms with Crippen molar-refractivity contribution in [3.8, 4) is 0 Å². The van der Waals surface area contributed by atoms with Crippen molar-refractivity contribution in [3.05, 3.63) is 48.0 Å². The quantitative estimate of drug-likeness (QED) is 0.510. The zero-order valence-electron chi connectivity index (χ0n) is 20.3. The zero-order valence-corrected chi connectivity index (χ0v) is 20.3. The highest BCUT2D eigenvalue weighted by atomic mass is 16.1. The van der Waals surface area contributed by atoms with E-state index in [1.807, 2.05) is 24.7 Å². The Morgan fingerprint density at radius 1 is 0.871 bits per heavy atom. The Bertz CT molecular complexity index is 830. The van der Waals surface area contributed by atoms with Gasteiger partial charge in [0.05, 0.1) is 17.6 Å². The first-order chi connectivity index (χ1) is 14.7. The summed E-state index contributed by atoms with van der Waals surface area (Å²) in [7, 11) is 0. The van der Waals surface area contributed by atoms with Crippen LogP contribution in [0.2, 0.25) is 0 Å². The van der Waals surface area contributed by atoms with Gasteiger partial charge >= 0.3 is 0 Å². The van der Waals surface area contributed by atoms with Crippen LogP contribution < -0.4 is 10.6 Å². The Kier molecular flexibility index (Phi) is 9.47. The molecule has 0 spiro atoms. The molecule has 0 radical (unpaired) electrons. The standard InChI is InChI=1S/C14H22N2.C12H18N2O/c1-10(2)11(3)13-6-14(9-15-8-13)16-7-12-4-5-12;1-8(2)9(3)11-5-12(7-13-6-11)14-10(4)15/h6,8-12,16H,4-5,7H2,1-3H3;5-9H,1-4H3,(H,14,15). The molecule has 2 atom stereocenters. The van der Waals surface area contributed by atoms with Crippen LogP contribution in [-0.2, 0) is 4.79 Å². The normalized spacial score (nSPS) is 15.1. The van der Waals surface area contributed by atoms with Crippen molar-refractivity contribution in [2.75, 3.05) is 17.2 Å². The summed E-state index contributed by atoms with van der Waals surface area (Å²) in [5.74, 6) is 3.11. The third kappa shape index (κ3) is 8.68. The molecule has 31 heavy (non-hydrogen) atoms. The molecule has 2 heterocycles. The molecule has 1 fully saturated rings. The van der Waals surface area contributed by atoms with E-state index in [9.17, 15) is 4.79 Å². The molecule has 0 aromatic carbocycles. The van der Waals surface area contributed by atoms with Crippen molar-refractivity contribution < 1.29 is 4.79 Å². The maximum Gasteiger partial charge on any atom is 0.221 e. The van der Waals surface area contributed by atoms with Gasteiger partial charge in [-0.15, -0.1) is 0 Å². The van der Waals surface area contributed by atoms with E-state index < -0.39 is 0 Å². The van der Waals surface area contributed by atoms with Gasteiger partial charge in [0, 0.05) is 32.1 Å². The molecular formula is C26H40N4O. The highest BCUT2D eigenvalue weighted by molar-refractivity contribution is 5.88. The second-order valence-electron chi connectivity index (χ2n) is 9.58. The van der Waals surface area contributed by atoms with E-state index in [0.717, 1.165) is 23.7 Å². The summed E-state index contributed by atoms with van der Waals surface area (Å²) < 4.78 is 0. The summed E-state index contributed by atoms with van der Waals surface area (Å²) in [4.78, 5) is 19.3. The van der Waals surface area contributed by atoms with Crippen LogP contribution in [0.15, 0.2) is 36.9 Å². The van der Waals surface area contributed by atoms with Gasteiger partial charge < -0.3 is 10.6 Å². The number of nitrogens with zero attached hydrogens (tertiary/aromatic N) is 2. The number of hydrogen-bond donors (Lipinski definition) is 2. The monoisotopic (exact) mass is 424 g/mol. The molecule has 2 aromatic rings. The van der Waals surface area contributed by atoms with Crippen LogP contribution in [0.1, 0.15) is 84.3 Å². The van der Waals surface area contributed by atoms with Gasteiger partial charge in [0.15, 0.2) is 0 Å². The van der Waals surface area contributed by atoms with Crippen LogP contribution in [-0.4, -0.2) is 22.4 Å². The van der Waals surface area contributed by atoms with E-state index in [1.54, 1.807) is 6.20 Å². The molecule has 5 heteroatoms. The van der Waals surface area contributed by atoms with Crippen molar-refractivity contribution in [1.82, 2.24) is 9.97 Å². The lowest BCUT2D eigenvalue weighted by Crippen LogP contribution is -2.08. The molecule has 0 bridgehead atoms. The number of carbonyl (C=O) groups excluding carboxylic acids is 1. The lowest BCUT2D eigenvalue weighted by molar-refractivity contribution is -0.114. The number of hydrogen-bond acceptors (Lipinski definition) is 4. The number of aromatic nitrogens is 2. The maximum atomic E-state index is 10.9. The Morgan fingerprint density at radius 3 is 1.81 bits per heavy atom. The zero-order chi connectivity index (χ0) is 23.0. The van der Waals surface area contributed by atoms with Gasteiger partial charge in [-0.3, -0.25) is 14.8 Å². The van der Waals surface area contributed by atoms with E-state index in [4.69, 9.17) is 0 Å². The number of carbonyl (C=O) groups is 1. The topological polar surface area (TPSA) is 66.9 Å². The van der Waals surface area contributed by atoms with Gasteiger partial charge in [-0.05, 0) is 65.7 Å². The first kappa shape index (κ1) is 24.8. The van der Waals surface area contributed by atoms with Crippen molar-refractivity contribution in [3.63, 3.8) is 0 Å². The van der Waals surface area contributed by atoms with E-state index in [0.29, 0.717) is 23.7 Å². The fraction of sp³-hybridized carbons (Fsp3) is 0.577. The fourth-order valence-corrected chi connectivity index (χ4v) is 3.14. The van der Waals surface area contributed by atoms with Crippen LogP contribution >= 0.6 is 0 Å². The van der Waals surface area contributed by atoms with Gasteiger partial charge in [0.25, 0.3) is 0 Å². The molecule has 2 unspecified atom stereocenters. The predicted octanol–water partition coefficient (Wildman–Crippen LogP) is 6.46. The van der Waals surface area contributed by atoms with Crippen LogP contribution in [0.3, 0.4) is 0 Å². The predicted molar refractivity (Wildman–Crippen MR) is 130 cm³/mol. The summed E-state index contributed by atoms with van der Waals surface area (Å²) in [6, 6.07) is 4.24. The van der Waals surface area contributed by atoms with Crippen LogP contribution in [0, 0.1) is 17.8 Å². The van der Waals surface area contributed by atoms with Crippen molar-refractivity contribution in [2.24, 2.45) is 17.8 Å². The molecule has 5 nitrogen and oxygen atoms in total. The third-order valence-corrected chi connectivity index (χ3v) is 6.18. The number of pyridine rings is 2. The second-order valence-corrected chi connectivity index (χ2v) is 9.58. The highest BCUT2D eigenvalue weighted by Crippen LogP contribution is 2.30. The van der Waals surface area contributed by atoms with Crippen molar-refractivity contribution in [2.45, 2.75) is 73.1 Å². The summed E-state index contributed by atoms with van der Waals surface area (Å²) in [6.45, 7) is 15.9. The molecule has 1 saturated carbocycles. The molecule has 1 aliphatic carbocycles. The smallest absolute Gasteiger partial charge is 0.221 e. The SMILES string of the molecule is CC(=O)Nc1cncc(C(C)C(C)C)c1.CC(C)C(C)c1cncc(NCC2CC2)c1. The third-order valence-electron chi connectivity index (χ3n) is 6.18. The Balaban J connectivity index is 0.000000221. The molecular weight excluding hydrogens is 384 g/mol. The van der Waals surface area contributed by atoms with Crippen molar-refractivity contribution >= 4 is 17.3 Å². The minimum absolute atomic E-state index is 0.0637. The number of amides is 1. The summed E-state index contributed by atoms with van der Waals surface area (Å²) in [6.07, 6.45) is 10.2. The van der Waals surface area contributed by atoms with Crippen LogP contribution in [0.5, 0.6) is 0 Å². The molecule has 1 amide bonds. The minimum Gasteiger partial charge on any atom is -0.384 e. The van der Waals surface area contributed by atoms with Gasteiger partial charge in [-0.2, -0.15) is 0 Å². The van der Waals surface area contributed by atoms with E-state index in [1.165, 1.54) is 31.0 Å². The lowest BCUT2D eigenvalue weighted by atomic mass is 9.91. The molecule has 2 N–H and O–H groups in total. The van der Waals surface area contributed by atoms with Gasteiger partial charge in [0.1, 0.15) is 0 Å². The summed E-state index contributed by atoms with van der Waals surface area (Å²) >= 11 is 0. The van der Waals surface area contributed by atoms with Gasteiger partial charge in [-0.1, -0.05) is 41.5 Å². The summed E-state index contributed by atoms with van der Waals surface area (Å²) in [5, 5.41) is 6.22. The number of rotatable bonds is 8. The van der Waals surface area contributed by atoms with E-state index >= 15 is 0 Å². The Labute approximate surface area is 188 Å². The Morgan fingerprint density at radius 2 is 1.35 bits per heavy atom. The fourth-order valence-electron chi connectivity index (χ4n) is 3.14. The molecule has 0 aliphatic heterocycles. The van der Waals surface area contributed by atoms with Crippen molar-refractivity contribution in [1.29, 1.82) is 0 Å². The first-order valence-corrected chi connectivity index (χ1v) is 11.6. The Hall–Kier alpha value is -2.43. The summed E-state index contributed by atoms with van der Waals surface area (Å²) in [5.41, 5.74) is 4.46. The molecule has 3 rings (SSSR count). The van der Waals surface area contributed by atoms with Crippen LogP contribution in [0.25, 0.3) is 0 Å². The first-order valence-electron chi connectivity index (χ1n) is 11.6. The minimum atomic E-state index is -0.0637. The van der Waals surface area contributed by atoms with Crippen LogP contribution in [0.4, 0.5) is 11.4 Å². The van der Waals surface area contributed by atoms with E-state index in [-0.39, 0.29) is 5.91 Å². The largest absolute Gasteiger partial charge is 0.384 e. The van der Waals surface area contributed by atoms with E-state index in [2.05, 4.69) is 68.2 Å². The maximum absolute atomic E-state index is 10.9. The van der Waals surface area contributed by atoms with Gasteiger partial charge in [-0.25, -0.2) is 0 Å². The molecule has 170 valence electrons. The number of nitrogens with one attached hydrogen (secondary N) is 2. The van der Waals surface area contributed by atoms with Gasteiger partial charge in [0.2, 0.25) is 5.91 Å². The molecule has 0 saturated heterocycles. The second kappa shape index (κ2) is 11.8.